The fraction of sp³-hybridized carbons (Fsp3) is 0.625. The molecule has 0 bridgehead atoms. The van der Waals surface area contributed by atoms with Gasteiger partial charge < -0.3 is 5.11 Å². The Morgan fingerprint density at radius 1 is 1.06 bits per heavy atom. The Bertz CT molecular complexity index is 375. The summed E-state index contributed by atoms with van der Waals surface area (Å²) in [6.07, 6.45) is 8.23. The van der Waals surface area contributed by atoms with Gasteiger partial charge in [-0.05, 0) is 61.5 Å². The van der Waals surface area contributed by atoms with E-state index in [0.717, 1.165) is 12.8 Å². The first kappa shape index (κ1) is 12.6. The summed E-state index contributed by atoms with van der Waals surface area (Å²) in [5.41, 5.74) is 3.56. The number of fused-ring (bicyclic) bond motifs is 2. The van der Waals surface area contributed by atoms with Gasteiger partial charge in [-0.1, -0.05) is 31.7 Å². The predicted octanol–water partition coefficient (Wildman–Crippen LogP) is 3.83. The summed E-state index contributed by atoms with van der Waals surface area (Å²) in [7, 11) is 0. The van der Waals surface area contributed by atoms with Crippen LogP contribution in [-0.4, -0.2) is 11.2 Å². The largest absolute Gasteiger partial charge is 0.393 e. The third-order valence-corrected chi connectivity index (χ3v) is 4.60. The van der Waals surface area contributed by atoms with Gasteiger partial charge in [-0.3, -0.25) is 0 Å². The maximum Gasteiger partial charge on any atom is 0.0540 e. The van der Waals surface area contributed by atoms with Crippen LogP contribution in [0.1, 0.15) is 57.1 Å². The third kappa shape index (κ3) is 2.13. The van der Waals surface area contributed by atoms with Crippen molar-refractivity contribution in [3.05, 3.63) is 35.4 Å². The minimum atomic E-state index is -0.0419. The molecule has 1 heteroatoms. The highest BCUT2D eigenvalue weighted by Gasteiger charge is 2.38. The van der Waals surface area contributed by atoms with Crippen LogP contribution in [0.2, 0.25) is 0 Å². The van der Waals surface area contributed by atoms with Crippen LogP contribution in [0.5, 0.6) is 0 Å². The molecule has 2 aliphatic carbocycles. The van der Waals surface area contributed by atoms with Gasteiger partial charge in [0.25, 0.3) is 0 Å². The molecular formula is C16H24O. The van der Waals surface area contributed by atoms with Crippen molar-refractivity contribution < 1.29 is 5.11 Å². The monoisotopic (exact) mass is 232 g/mol. The normalized spacial score (nSPS) is 31.7. The lowest BCUT2D eigenvalue weighted by Gasteiger charge is -2.43. The summed E-state index contributed by atoms with van der Waals surface area (Å²) in [5.74, 6) is 0. The van der Waals surface area contributed by atoms with Gasteiger partial charge in [-0.25, -0.2) is 0 Å². The summed E-state index contributed by atoms with van der Waals surface area (Å²) in [6.45, 7) is 0. The van der Waals surface area contributed by atoms with Crippen molar-refractivity contribution in [1.29, 1.82) is 0 Å². The number of benzene rings is 1. The maximum absolute atomic E-state index is 9.67. The Balaban J connectivity index is 0.00000108. The van der Waals surface area contributed by atoms with Gasteiger partial charge in [0.15, 0.2) is 0 Å². The fourth-order valence-electron chi connectivity index (χ4n) is 3.68. The number of rotatable bonds is 0. The second-order valence-electron chi connectivity index (χ2n) is 5.52. The fourth-order valence-corrected chi connectivity index (χ4v) is 3.68. The van der Waals surface area contributed by atoms with Crippen molar-refractivity contribution in [1.82, 2.24) is 0 Å². The van der Waals surface area contributed by atoms with Gasteiger partial charge >= 0.3 is 0 Å². The van der Waals surface area contributed by atoms with Crippen LogP contribution in [0.4, 0.5) is 0 Å². The van der Waals surface area contributed by atoms with E-state index < -0.39 is 0 Å². The molecule has 0 radical (unpaired) electrons. The smallest absolute Gasteiger partial charge is 0.0540 e. The molecule has 0 atom stereocenters. The Labute approximate surface area is 105 Å². The molecular weight excluding hydrogens is 208 g/mol. The third-order valence-electron chi connectivity index (χ3n) is 4.60. The van der Waals surface area contributed by atoms with Crippen molar-refractivity contribution in [2.24, 2.45) is 0 Å². The highest BCUT2D eigenvalue weighted by Crippen LogP contribution is 2.47. The zero-order valence-electron chi connectivity index (χ0n) is 9.78. The molecule has 1 saturated carbocycles. The van der Waals surface area contributed by atoms with Gasteiger partial charge in [0.2, 0.25) is 0 Å². The molecule has 3 rings (SSSR count). The first-order valence-electron chi connectivity index (χ1n) is 6.57. The van der Waals surface area contributed by atoms with E-state index in [0.29, 0.717) is 5.41 Å². The van der Waals surface area contributed by atoms with E-state index in [-0.39, 0.29) is 13.5 Å². The second kappa shape index (κ2) is 4.81. The molecule has 1 nitrogen and oxygen atoms in total. The summed E-state index contributed by atoms with van der Waals surface area (Å²) < 4.78 is 0. The van der Waals surface area contributed by atoms with Crippen LogP contribution in [0, 0.1) is 0 Å². The Hall–Kier alpha value is -0.820. The van der Waals surface area contributed by atoms with Crippen LogP contribution in [0.25, 0.3) is 0 Å². The molecule has 1 N–H and O–H groups in total. The first-order chi connectivity index (χ1) is 7.80. The minimum absolute atomic E-state index is 0. The Kier molecular flexibility index (Phi) is 3.58. The standard InChI is InChI=1S/C15H20O.CH4/c16-13-7-10-15(11-8-13)9-3-5-12-4-1-2-6-14(12)15;/h1-2,4,6,13,16H,3,5,7-11H2;1H4. The van der Waals surface area contributed by atoms with E-state index in [1.54, 1.807) is 11.1 Å². The maximum atomic E-state index is 9.67. The van der Waals surface area contributed by atoms with Crippen molar-refractivity contribution in [2.75, 3.05) is 0 Å². The Morgan fingerprint density at radius 3 is 2.53 bits per heavy atom. The first-order valence-corrected chi connectivity index (χ1v) is 6.57. The average Bonchev–Trinajstić information content (AvgIpc) is 2.34. The van der Waals surface area contributed by atoms with Gasteiger partial charge in [0.05, 0.1) is 6.10 Å². The highest BCUT2D eigenvalue weighted by atomic mass is 16.3. The quantitative estimate of drug-likeness (QED) is 0.720. The number of hydrogen-bond acceptors (Lipinski definition) is 1. The number of hydrogen-bond donors (Lipinski definition) is 1. The molecule has 1 fully saturated rings. The lowest BCUT2D eigenvalue weighted by Crippen LogP contribution is -2.36. The molecule has 0 aliphatic heterocycles. The van der Waals surface area contributed by atoms with Crippen LogP contribution < -0.4 is 0 Å². The SMILES string of the molecule is C.OC1CCC2(CCCc3ccccc32)CC1. The number of aliphatic hydroxyl groups excluding tert-OH is 1. The van der Waals surface area contributed by atoms with E-state index in [1.165, 1.54) is 32.1 Å². The van der Waals surface area contributed by atoms with E-state index >= 15 is 0 Å². The molecule has 0 amide bonds. The highest BCUT2D eigenvalue weighted by molar-refractivity contribution is 5.37. The van der Waals surface area contributed by atoms with Gasteiger partial charge in [-0.2, -0.15) is 0 Å². The molecule has 1 aromatic carbocycles. The molecule has 2 aliphatic rings. The molecule has 94 valence electrons. The van der Waals surface area contributed by atoms with Gasteiger partial charge in [0.1, 0.15) is 0 Å². The Morgan fingerprint density at radius 2 is 1.76 bits per heavy atom. The zero-order chi connectivity index (χ0) is 11.0. The van der Waals surface area contributed by atoms with Gasteiger partial charge in [0, 0.05) is 0 Å². The van der Waals surface area contributed by atoms with E-state index in [4.69, 9.17) is 0 Å². The number of aliphatic hydroxyl groups is 1. The van der Waals surface area contributed by atoms with E-state index in [2.05, 4.69) is 24.3 Å². The predicted molar refractivity (Wildman–Crippen MR) is 72.3 cm³/mol. The van der Waals surface area contributed by atoms with Crippen LogP contribution >= 0.6 is 0 Å². The topological polar surface area (TPSA) is 20.2 Å². The lowest BCUT2D eigenvalue weighted by atomic mass is 9.62. The van der Waals surface area contributed by atoms with Crippen LogP contribution in [0.3, 0.4) is 0 Å². The van der Waals surface area contributed by atoms with E-state index in [9.17, 15) is 5.11 Å². The van der Waals surface area contributed by atoms with Crippen molar-refractivity contribution in [2.45, 2.75) is 63.9 Å². The summed E-state index contributed by atoms with van der Waals surface area (Å²) in [4.78, 5) is 0. The molecule has 0 unspecified atom stereocenters. The molecule has 17 heavy (non-hydrogen) atoms. The van der Waals surface area contributed by atoms with Crippen molar-refractivity contribution in [3.63, 3.8) is 0 Å². The average molecular weight is 232 g/mol. The molecule has 0 aromatic heterocycles. The number of aryl methyl sites for hydroxylation is 1. The van der Waals surface area contributed by atoms with Gasteiger partial charge in [-0.15, -0.1) is 0 Å². The minimum Gasteiger partial charge on any atom is -0.393 e. The second-order valence-corrected chi connectivity index (χ2v) is 5.52. The summed E-state index contributed by atoms with van der Waals surface area (Å²) in [6, 6.07) is 8.96. The zero-order valence-corrected chi connectivity index (χ0v) is 9.78. The molecule has 1 spiro atoms. The van der Waals surface area contributed by atoms with E-state index in [1.807, 2.05) is 0 Å². The molecule has 0 saturated heterocycles. The summed E-state index contributed by atoms with van der Waals surface area (Å²) >= 11 is 0. The van der Waals surface area contributed by atoms with Crippen molar-refractivity contribution in [3.8, 4) is 0 Å². The summed E-state index contributed by atoms with van der Waals surface area (Å²) in [5, 5.41) is 9.67. The van der Waals surface area contributed by atoms with Crippen LogP contribution in [-0.2, 0) is 11.8 Å². The molecule has 1 aromatic rings. The lowest BCUT2D eigenvalue weighted by molar-refractivity contribution is 0.0888. The van der Waals surface area contributed by atoms with Crippen molar-refractivity contribution >= 4 is 0 Å². The molecule has 0 heterocycles. The van der Waals surface area contributed by atoms with Crippen LogP contribution in [0.15, 0.2) is 24.3 Å².